The van der Waals surface area contributed by atoms with E-state index in [1.807, 2.05) is 0 Å². The molecular weight excluding hydrogens is 66.0 g/mol. The third-order valence-corrected chi connectivity index (χ3v) is 0.246. The molecule has 0 aromatic rings. The molecule has 2 nitrogen and oxygen atoms in total. The number of primary amides is 1. The molecule has 2 radical (unpaired) electrons. The highest BCUT2D eigenvalue weighted by Crippen LogP contribution is 1.60. The number of amides is 1. The first-order valence-corrected chi connectivity index (χ1v) is 1.24. The predicted molar refractivity (Wildman–Crippen MR) is 18.1 cm³/mol. The number of carbonyl (C=O) groups is 1. The van der Waals surface area contributed by atoms with E-state index in [2.05, 4.69) is 12.2 Å². The largest absolute Gasteiger partial charge is 0.369 e. The highest BCUT2D eigenvalue weighted by molar-refractivity contribution is 5.82. The maximum atomic E-state index is 9.48. The fraction of sp³-hybridized carbons (Fsp3) is 0.333. The van der Waals surface area contributed by atoms with Gasteiger partial charge in [-0.25, -0.2) is 0 Å². The molecule has 0 aromatic heterocycles. The van der Waals surface area contributed by atoms with Gasteiger partial charge >= 0.3 is 0 Å². The van der Waals surface area contributed by atoms with Crippen LogP contribution >= 0.6 is 0 Å². The minimum atomic E-state index is -0.495. The van der Waals surface area contributed by atoms with E-state index in [-0.39, 0.29) is 0 Å². The molecule has 2 N–H and O–H groups in total. The summed E-state index contributed by atoms with van der Waals surface area (Å²) in [6.07, 6.45) is 2.17. The summed E-state index contributed by atoms with van der Waals surface area (Å²) in [5.74, 6) is -0.495. The lowest BCUT2D eigenvalue weighted by molar-refractivity contribution is -0.114. The topological polar surface area (TPSA) is 43.1 Å². The Morgan fingerprint density at radius 2 is 2.20 bits per heavy atom. The molecule has 0 heterocycles. The Kier molecular flexibility index (Phi) is 1.57. The first kappa shape index (κ1) is 4.47. The van der Waals surface area contributed by atoms with Crippen LogP contribution in [0.1, 0.15) is 6.92 Å². The monoisotopic (exact) mass is 71.0 g/mol. The minimum Gasteiger partial charge on any atom is -0.369 e. The van der Waals surface area contributed by atoms with Gasteiger partial charge in [0, 0.05) is 0 Å². The van der Waals surface area contributed by atoms with Crippen molar-refractivity contribution in [2.24, 2.45) is 5.73 Å². The summed E-state index contributed by atoms with van der Waals surface area (Å²) >= 11 is 0. The van der Waals surface area contributed by atoms with Gasteiger partial charge in [0.15, 0.2) is 0 Å². The Bertz CT molecular complexity index is 42.2. The molecule has 0 atom stereocenters. The van der Waals surface area contributed by atoms with E-state index in [0.717, 1.165) is 0 Å². The Hall–Kier alpha value is -0.530. The molecule has 0 spiro atoms. The lowest BCUT2D eigenvalue weighted by atomic mass is 10.5. The number of carbonyl (C=O) groups excluding carboxylic acids is 1. The van der Waals surface area contributed by atoms with Gasteiger partial charge in [-0.3, -0.25) is 4.79 Å². The maximum absolute atomic E-state index is 9.48. The van der Waals surface area contributed by atoms with Crippen molar-refractivity contribution in [2.75, 3.05) is 0 Å². The molecule has 0 rings (SSSR count). The second-order valence-corrected chi connectivity index (χ2v) is 0.614. The number of rotatable bonds is 1. The van der Waals surface area contributed by atoms with Crippen LogP contribution < -0.4 is 5.73 Å². The smallest absolute Gasteiger partial charge is 0.225 e. The summed E-state index contributed by atoms with van der Waals surface area (Å²) in [6.45, 7) is 1.47. The van der Waals surface area contributed by atoms with Gasteiger partial charge < -0.3 is 5.73 Å². The van der Waals surface area contributed by atoms with Crippen molar-refractivity contribution in [2.45, 2.75) is 6.92 Å². The molecule has 5 heavy (non-hydrogen) atoms. The number of nitrogens with two attached hydrogens (primary N) is 1. The van der Waals surface area contributed by atoms with Gasteiger partial charge in [-0.15, -0.1) is 0 Å². The molecule has 0 aliphatic rings. The summed E-state index contributed by atoms with van der Waals surface area (Å²) in [5.41, 5.74) is 4.54. The SMILES string of the molecule is C[C]C(N)=O. The molecule has 1 amide bonds. The molecule has 0 saturated heterocycles. The van der Waals surface area contributed by atoms with E-state index in [9.17, 15) is 4.79 Å². The molecule has 0 fully saturated rings. The molecule has 0 aromatic carbocycles. The Morgan fingerprint density at radius 1 is 2.00 bits per heavy atom. The Morgan fingerprint density at radius 3 is 2.20 bits per heavy atom. The molecule has 0 unspecified atom stereocenters. The first-order chi connectivity index (χ1) is 2.27. The number of hydrogen-bond acceptors (Lipinski definition) is 1. The minimum absolute atomic E-state index is 0.495. The zero-order valence-electron chi connectivity index (χ0n) is 2.99. The van der Waals surface area contributed by atoms with Gasteiger partial charge in [-0.2, -0.15) is 0 Å². The summed E-state index contributed by atoms with van der Waals surface area (Å²) in [5, 5.41) is 0. The standard InChI is InChI=1S/C3H5NO/c1-2-3(4)5/h1H3,(H2,4,5). The van der Waals surface area contributed by atoms with Crippen molar-refractivity contribution in [1.82, 2.24) is 0 Å². The third-order valence-electron chi connectivity index (χ3n) is 0.246. The van der Waals surface area contributed by atoms with Crippen LogP contribution in [0.4, 0.5) is 0 Å². The molecule has 0 aliphatic carbocycles. The van der Waals surface area contributed by atoms with Crippen molar-refractivity contribution in [3.63, 3.8) is 0 Å². The molecule has 0 bridgehead atoms. The van der Waals surface area contributed by atoms with Crippen LogP contribution in [0.3, 0.4) is 0 Å². The molecular formula is C3H5NO. The van der Waals surface area contributed by atoms with Crippen LogP contribution in [0.15, 0.2) is 0 Å². The van der Waals surface area contributed by atoms with Gasteiger partial charge in [0.2, 0.25) is 5.91 Å². The van der Waals surface area contributed by atoms with Crippen LogP contribution in [0.5, 0.6) is 0 Å². The lowest BCUT2D eigenvalue weighted by Crippen LogP contribution is -2.07. The average Bonchev–Trinajstić information content (AvgIpc) is 1.38. The second-order valence-electron chi connectivity index (χ2n) is 0.614. The molecule has 0 aliphatic heterocycles. The average molecular weight is 71.1 g/mol. The van der Waals surface area contributed by atoms with Crippen molar-refractivity contribution in [3.8, 4) is 0 Å². The zero-order valence-corrected chi connectivity index (χ0v) is 2.99. The van der Waals surface area contributed by atoms with E-state index in [4.69, 9.17) is 0 Å². The van der Waals surface area contributed by atoms with Gasteiger partial charge in [-0.05, 0) is 6.92 Å². The predicted octanol–water partition coefficient (Wildman–Crippen LogP) is -0.427. The summed E-state index contributed by atoms with van der Waals surface area (Å²) in [6, 6.07) is 0. The lowest BCUT2D eigenvalue weighted by Gasteiger charge is -1.71. The summed E-state index contributed by atoms with van der Waals surface area (Å²) < 4.78 is 0. The van der Waals surface area contributed by atoms with Gasteiger partial charge in [0.1, 0.15) is 0 Å². The van der Waals surface area contributed by atoms with E-state index >= 15 is 0 Å². The molecule has 28 valence electrons. The normalized spacial score (nSPS) is 7.40. The van der Waals surface area contributed by atoms with Crippen molar-refractivity contribution in [1.29, 1.82) is 0 Å². The first-order valence-electron chi connectivity index (χ1n) is 1.24. The van der Waals surface area contributed by atoms with Crippen molar-refractivity contribution < 1.29 is 4.79 Å². The fourth-order valence-corrected chi connectivity index (χ4v) is 0. The van der Waals surface area contributed by atoms with E-state index in [1.165, 1.54) is 6.92 Å². The van der Waals surface area contributed by atoms with Gasteiger partial charge in [0.25, 0.3) is 0 Å². The third kappa shape index (κ3) is 3.47. The Balaban J connectivity index is 2.85. The maximum Gasteiger partial charge on any atom is 0.225 e. The van der Waals surface area contributed by atoms with Crippen molar-refractivity contribution >= 4 is 5.91 Å². The summed E-state index contributed by atoms with van der Waals surface area (Å²) in [7, 11) is 0. The van der Waals surface area contributed by atoms with Crippen LogP contribution in [0.25, 0.3) is 0 Å². The zero-order chi connectivity index (χ0) is 4.28. The van der Waals surface area contributed by atoms with Crippen LogP contribution in [-0.4, -0.2) is 5.91 Å². The number of hydrogen-bond donors (Lipinski definition) is 1. The van der Waals surface area contributed by atoms with Crippen LogP contribution in [-0.2, 0) is 4.79 Å². The quantitative estimate of drug-likeness (QED) is 0.448. The molecule has 0 saturated carbocycles. The van der Waals surface area contributed by atoms with E-state index < -0.39 is 5.91 Å². The van der Waals surface area contributed by atoms with E-state index in [1.54, 1.807) is 0 Å². The van der Waals surface area contributed by atoms with Crippen LogP contribution in [0.2, 0.25) is 0 Å². The highest BCUT2D eigenvalue weighted by atomic mass is 16.1. The van der Waals surface area contributed by atoms with Crippen LogP contribution in [0, 0.1) is 6.42 Å². The second kappa shape index (κ2) is 1.76. The molecule has 2 heteroatoms. The summed E-state index contributed by atoms with van der Waals surface area (Å²) in [4.78, 5) is 9.48. The highest BCUT2D eigenvalue weighted by Gasteiger charge is 1.79. The van der Waals surface area contributed by atoms with Gasteiger partial charge in [0.05, 0.1) is 6.42 Å². The Labute approximate surface area is 31.0 Å². The van der Waals surface area contributed by atoms with Crippen molar-refractivity contribution in [3.05, 3.63) is 6.42 Å². The van der Waals surface area contributed by atoms with E-state index in [0.29, 0.717) is 0 Å². The van der Waals surface area contributed by atoms with Gasteiger partial charge in [-0.1, -0.05) is 0 Å². The fourth-order valence-electron chi connectivity index (χ4n) is 0.